The summed E-state index contributed by atoms with van der Waals surface area (Å²) in [6.07, 6.45) is 4.28. The van der Waals surface area contributed by atoms with Gasteiger partial charge in [0.25, 0.3) is 0 Å². The number of hydrogen-bond donors (Lipinski definition) is 1. The number of rotatable bonds is 3. The van der Waals surface area contributed by atoms with Crippen LogP contribution in [0.2, 0.25) is 0 Å². The molecule has 0 spiro atoms. The molecule has 1 N–H and O–H groups in total. The van der Waals surface area contributed by atoms with Crippen LogP contribution in [0.4, 0.5) is 0 Å². The van der Waals surface area contributed by atoms with Crippen molar-refractivity contribution in [3.05, 3.63) is 0 Å². The van der Waals surface area contributed by atoms with Crippen LogP contribution in [0.15, 0.2) is 0 Å². The average molecular weight is 240 g/mol. The molecule has 0 saturated carbocycles. The summed E-state index contributed by atoms with van der Waals surface area (Å²) in [7, 11) is 0. The van der Waals surface area contributed by atoms with Gasteiger partial charge in [0.05, 0.1) is 6.10 Å². The van der Waals surface area contributed by atoms with Gasteiger partial charge in [0, 0.05) is 38.8 Å². The number of nitrogens with zero attached hydrogens (tertiary/aromatic N) is 1. The van der Waals surface area contributed by atoms with Crippen LogP contribution in [-0.4, -0.2) is 49.8 Å². The fraction of sp³-hybridized carbons (Fsp3) is 1.00. The molecule has 3 heteroatoms. The predicted octanol–water partition coefficient (Wildman–Crippen LogP) is 1.88. The third kappa shape index (κ3) is 3.67. The molecule has 100 valence electrons. The maximum absolute atomic E-state index is 5.72. The lowest BCUT2D eigenvalue weighted by atomic mass is 9.84. The maximum atomic E-state index is 5.72. The van der Waals surface area contributed by atoms with Gasteiger partial charge >= 0.3 is 0 Å². The summed E-state index contributed by atoms with van der Waals surface area (Å²) in [5.74, 6) is 0. The van der Waals surface area contributed by atoms with Gasteiger partial charge in [-0.1, -0.05) is 20.8 Å². The smallest absolute Gasteiger partial charge is 0.0588 e. The van der Waals surface area contributed by atoms with Gasteiger partial charge in [0.1, 0.15) is 0 Å². The molecule has 2 rings (SSSR count). The zero-order valence-corrected chi connectivity index (χ0v) is 11.7. The van der Waals surface area contributed by atoms with Crippen LogP contribution in [0, 0.1) is 5.41 Å². The summed E-state index contributed by atoms with van der Waals surface area (Å²) in [6.45, 7) is 12.7. The molecule has 2 aliphatic heterocycles. The Kier molecular flexibility index (Phi) is 4.45. The van der Waals surface area contributed by atoms with Crippen molar-refractivity contribution in [1.82, 2.24) is 10.2 Å². The first-order valence-corrected chi connectivity index (χ1v) is 7.14. The van der Waals surface area contributed by atoms with Crippen LogP contribution in [-0.2, 0) is 4.74 Å². The number of nitrogens with one attached hydrogen (secondary N) is 1. The molecule has 2 unspecified atom stereocenters. The summed E-state index contributed by atoms with van der Waals surface area (Å²) in [5, 5.41) is 3.53. The highest BCUT2D eigenvalue weighted by Crippen LogP contribution is 2.26. The van der Waals surface area contributed by atoms with Crippen LogP contribution in [0.25, 0.3) is 0 Å². The van der Waals surface area contributed by atoms with Crippen LogP contribution >= 0.6 is 0 Å². The summed E-state index contributed by atoms with van der Waals surface area (Å²) < 4.78 is 5.72. The first-order chi connectivity index (χ1) is 8.07. The highest BCUT2D eigenvalue weighted by atomic mass is 16.5. The lowest BCUT2D eigenvalue weighted by Crippen LogP contribution is -2.56. The quantitative estimate of drug-likeness (QED) is 0.815. The van der Waals surface area contributed by atoms with Crippen molar-refractivity contribution in [2.24, 2.45) is 5.41 Å². The van der Waals surface area contributed by atoms with Gasteiger partial charge in [-0.15, -0.1) is 0 Å². The first kappa shape index (κ1) is 13.3. The van der Waals surface area contributed by atoms with Crippen LogP contribution in [0.3, 0.4) is 0 Å². The first-order valence-electron chi connectivity index (χ1n) is 7.14. The predicted molar refractivity (Wildman–Crippen MR) is 71.3 cm³/mol. The molecule has 0 bridgehead atoms. The fourth-order valence-electron chi connectivity index (χ4n) is 3.05. The molecule has 2 fully saturated rings. The summed E-state index contributed by atoms with van der Waals surface area (Å²) in [4.78, 5) is 2.66. The van der Waals surface area contributed by atoms with Crippen molar-refractivity contribution in [2.45, 2.75) is 52.2 Å². The second-order valence-electron chi connectivity index (χ2n) is 6.55. The third-order valence-electron chi connectivity index (χ3n) is 4.12. The van der Waals surface area contributed by atoms with Crippen molar-refractivity contribution >= 4 is 0 Å². The van der Waals surface area contributed by atoms with Gasteiger partial charge in [-0.2, -0.15) is 0 Å². The van der Waals surface area contributed by atoms with E-state index in [2.05, 4.69) is 31.0 Å². The Bertz CT molecular complexity index is 231. The van der Waals surface area contributed by atoms with E-state index in [0.29, 0.717) is 17.6 Å². The molecule has 0 radical (unpaired) electrons. The molecule has 2 saturated heterocycles. The highest BCUT2D eigenvalue weighted by molar-refractivity contribution is 4.88. The molecule has 2 heterocycles. The van der Waals surface area contributed by atoms with E-state index in [1.54, 1.807) is 0 Å². The Morgan fingerprint density at radius 3 is 2.82 bits per heavy atom. The maximum Gasteiger partial charge on any atom is 0.0588 e. The minimum absolute atomic E-state index is 0.365. The molecule has 0 amide bonds. The van der Waals surface area contributed by atoms with E-state index in [9.17, 15) is 0 Å². The molecule has 0 aromatic heterocycles. The summed E-state index contributed by atoms with van der Waals surface area (Å²) in [6, 6.07) is 0.664. The third-order valence-corrected chi connectivity index (χ3v) is 4.12. The highest BCUT2D eigenvalue weighted by Gasteiger charge is 2.32. The van der Waals surface area contributed by atoms with Crippen molar-refractivity contribution < 1.29 is 4.74 Å². The van der Waals surface area contributed by atoms with E-state index >= 15 is 0 Å². The largest absolute Gasteiger partial charge is 0.378 e. The molecule has 2 aliphatic rings. The number of hydrogen-bond acceptors (Lipinski definition) is 3. The molecule has 3 nitrogen and oxygen atoms in total. The second kappa shape index (κ2) is 5.68. The van der Waals surface area contributed by atoms with Crippen molar-refractivity contribution in [1.29, 1.82) is 0 Å². The average Bonchev–Trinajstić information content (AvgIpc) is 2.78. The Balaban J connectivity index is 1.83. The summed E-state index contributed by atoms with van der Waals surface area (Å²) in [5.41, 5.74) is 0.365. The number of ether oxygens (including phenoxy) is 1. The monoisotopic (exact) mass is 240 g/mol. The van der Waals surface area contributed by atoms with Gasteiger partial charge in [-0.05, 0) is 24.7 Å². The Morgan fingerprint density at radius 2 is 2.18 bits per heavy atom. The lowest BCUT2D eigenvalue weighted by molar-refractivity contribution is 0.0472. The minimum atomic E-state index is 0.365. The fourth-order valence-corrected chi connectivity index (χ4v) is 3.05. The molecule has 17 heavy (non-hydrogen) atoms. The van der Waals surface area contributed by atoms with Gasteiger partial charge in [0.2, 0.25) is 0 Å². The van der Waals surface area contributed by atoms with Crippen molar-refractivity contribution in [3.8, 4) is 0 Å². The molecule has 2 atom stereocenters. The molecule has 0 aromatic carbocycles. The van der Waals surface area contributed by atoms with Gasteiger partial charge in [0.15, 0.2) is 0 Å². The van der Waals surface area contributed by atoms with E-state index in [-0.39, 0.29) is 0 Å². The Morgan fingerprint density at radius 1 is 1.35 bits per heavy atom. The SMILES string of the molecule is CC(C)(C)C1CNCCN1CCC1CCCO1. The minimum Gasteiger partial charge on any atom is -0.378 e. The second-order valence-corrected chi connectivity index (χ2v) is 6.55. The van der Waals surface area contributed by atoms with Gasteiger partial charge < -0.3 is 10.1 Å². The van der Waals surface area contributed by atoms with E-state index in [1.807, 2.05) is 0 Å². The zero-order chi connectivity index (χ0) is 12.3. The standard InChI is InChI=1S/C14H28N2O/c1-14(2,3)13-11-15-7-9-16(13)8-6-12-5-4-10-17-12/h12-13,15H,4-11H2,1-3H3. The Hall–Kier alpha value is -0.120. The van der Waals surface area contributed by atoms with Crippen LogP contribution in [0.1, 0.15) is 40.0 Å². The molecular weight excluding hydrogens is 212 g/mol. The molecule has 0 aliphatic carbocycles. The van der Waals surface area contributed by atoms with E-state index < -0.39 is 0 Å². The van der Waals surface area contributed by atoms with Crippen LogP contribution in [0.5, 0.6) is 0 Å². The number of piperazine rings is 1. The topological polar surface area (TPSA) is 24.5 Å². The summed E-state index contributed by atoms with van der Waals surface area (Å²) >= 11 is 0. The van der Waals surface area contributed by atoms with Gasteiger partial charge in [-0.3, -0.25) is 4.90 Å². The van der Waals surface area contributed by atoms with Gasteiger partial charge in [-0.25, -0.2) is 0 Å². The molecule has 0 aromatic rings. The normalized spacial score (nSPS) is 31.9. The van der Waals surface area contributed by atoms with E-state index in [4.69, 9.17) is 4.74 Å². The van der Waals surface area contributed by atoms with E-state index in [1.165, 1.54) is 32.4 Å². The van der Waals surface area contributed by atoms with E-state index in [0.717, 1.165) is 19.7 Å². The molecular formula is C14H28N2O. The van der Waals surface area contributed by atoms with Crippen molar-refractivity contribution in [3.63, 3.8) is 0 Å². The Labute approximate surface area is 106 Å². The van der Waals surface area contributed by atoms with Crippen molar-refractivity contribution in [2.75, 3.05) is 32.8 Å². The van der Waals surface area contributed by atoms with Crippen LogP contribution < -0.4 is 5.32 Å². The lowest BCUT2D eigenvalue weighted by Gasteiger charge is -2.44. The zero-order valence-electron chi connectivity index (χ0n) is 11.7.